The zero-order valence-electron chi connectivity index (χ0n) is 20.2. The van der Waals surface area contributed by atoms with Crippen LogP contribution in [-0.2, 0) is 28.9 Å². The number of aromatic hydroxyl groups is 1. The third kappa shape index (κ3) is 3.69. The third-order valence-electron chi connectivity index (χ3n) is 7.88. The molecule has 0 radical (unpaired) electrons. The Morgan fingerprint density at radius 1 is 1.05 bits per heavy atom. The number of Topliss-reactive ketones (excluding diaryl/α,β-unsaturated/α-hetero) is 2. The van der Waals surface area contributed by atoms with E-state index in [1.54, 1.807) is 13.2 Å². The number of aliphatic hydroxyl groups is 3. The number of hydrogen-bond acceptors (Lipinski definition) is 8. The van der Waals surface area contributed by atoms with Crippen molar-refractivity contribution in [2.75, 3.05) is 7.11 Å². The molecular weight excluding hydrogens is 478 g/mol. The summed E-state index contributed by atoms with van der Waals surface area (Å²) < 4.78 is 5.20. The number of hydrogen-bond donors (Lipinski definition) is 5. The highest BCUT2D eigenvalue weighted by molar-refractivity contribution is 6.24. The molecule has 2 aromatic rings. The quantitative estimate of drug-likeness (QED) is 0.386. The Morgan fingerprint density at radius 3 is 2.41 bits per heavy atom. The number of aliphatic hydroxyl groups excluding tert-OH is 2. The normalized spacial score (nSPS) is 24.9. The summed E-state index contributed by atoms with van der Waals surface area (Å²) in [5, 5.41) is 43.3. The number of fused-ring (bicyclic) bond motifs is 3. The highest BCUT2D eigenvalue weighted by Gasteiger charge is 2.59. The molecule has 2 aromatic carbocycles. The zero-order chi connectivity index (χ0) is 26.6. The molecule has 9 nitrogen and oxygen atoms in total. The second kappa shape index (κ2) is 8.77. The number of phenols is 1. The summed E-state index contributed by atoms with van der Waals surface area (Å²) >= 11 is 0. The lowest BCUT2D eigenvalue weighted by Crippen LogP contribution is -2.57. The highest BCUT2D eigenvalue weighted by atomic mass is 16.5. The Balaban J connectivity index is 1.53. The van der Waals surface area contributed by atoms with Crippen LogP contribution in [0.4, 0.5) is 0 Å². The van der Waals surface area contributed by atoms with E-state index in [4.69, 9.17) is 10.5 Å². The molecule has 0 saturated carbocycles. The number of methoxy groups -OCH3 is 1. The van der Waals surface area contributed by atoms with Crippen LogP contribution in [0.15, 0.2) is 59.1 Å². The number of carbonyl (C=O) groups excluding carboxylic acids is 3. The molecule has 0 heterocycles. The van der Waals surface area contributed by atoms with Gasteiger partial charge < -0.3 is 30.9 Å². The number of allylic oxidation sites excluding steroid dienone is 2. The molecular formula is C28H27NO8. The number of carbonyl (C=O) groups is 3. The van der Waals surface area contributed by atoms with Crippen molar-refractivity contribution in [1.29, 1.82) is 0 Å². The summed E-state index contributed by atoms with van der Waals surface area (Å²) in [7, 11) is 1.60. The van der Waals surface area contributed by atoms with Gasteiger partial charge in [-0.25, -0.2) is 0 Å². The largest absolute Gasteiger partial charge is 0.511 e. The van der Waals surface area contributed by atoms with Crippen LogP contribution < -0.4 is 10.5 Å². The molecule has 3 aliphatic rings. The van der Waals surface area contributed by atoms with Crippen molar-refractivity contribution in [3.8, 4) is 11.5 Å². The molecule has 0 unspecified atom stereocenters. The lowest BCUT2D eigenvalue weighted by atomic mass is 9.60. The van der Waals surface area contributed by atoms with Crippen molar-refractivity contribution in [2.24, 2.45) is 17.6 Å². The van der Waals surface area contributed by atoms with Gasteiger partial charge >= 0.3 is 0 Å². The monoisotopic (exact) mass is 505 g/mol. The van der Waals surface area contributed by atoms with Crippen LogP contribution in [0.1, 0.15) is 39.9 Å². The van der Waals surface area contributed by atoms with Crippen molar-refractivity contribution in [2.45, 2.75) is 37.7 Å². The van der Waals surface area contributed by atoms with E-state index in [0.29, 0.717) is 24.8 Å². The van der Waals surface area contributed by atoms with Crippen molar-refractivity contribution in [3.05, 3.63) is 81.3 Å². The average Bonchev–Trinajstić information content (AvgIpc) is 2.86. The minimum atomic E-state index is -2.56. The third-order valence-corrected chi connectivity index (χ3v) is 7.88. The maximum atomic E-state index is 13.6. The van der Waals surface area contributed by atoms with E-state index in [0.717, 1.165) is 16.9 Å². The van der Waals surface area contributed by atoms with Gasteiger partial charge in [-0.05, 0) is 66.5 Å². The molecule has 0 bridgehead atoms. The number of aryl methyl sites for hydroxylation is 2. The van der Waals surface area contributed by atoms with Crippen LogP contribution in [0.25, 0.3) is 0 Å². The lowest BCUT2D eigenvalue weighted by Gasteiger charge is -2.45. The van der Waals surface area contributed by atoms with Crippen LogP contribution in [-0.4, -0.2) is 50.6 Å². The Labute approximate surface area is 212 Å². The van der Waals surface area contributed by atoms with Crippen molar-refractivity contribution < 1.29 is 39.5 Å². The van der Waals surface area contributed by atoms with Crippen molar-refractivity contribution in [1.82, 2.24) is 0 Å². The van der Waals surface area contributed by atoms with E-state index < -0.39 is 52.0 Å². The Hall–Kier alpha value is -4.11. The molecule has 0 saturated heterocycles. The van der Waals surface area contributed by atoms with Gasteiger partial charge in [0.05, 0.1) is 12.7 Å². The molecule has 37 heavy (non-hydrogen) atoms. The van der Waals surface area contributed by atoms with E-state index in [9.17, 15) is 34.8 Å². The van der Waals surface area contributed by atoms with Crippen molar-refractivity contribution >= 4 is 17.5 Å². The Bertz CT molecular complexity index is 1400. The minimum absolute atomic E-state index is 0.0313. The van der Waals surface area contributed by atoms with E-state index in [-0.39, 0.29) is 29.7 Å². The number of nitrogens with two attached hydrogens (primary N) is 1. The van der Waals surface area contributed by atoms with Crippen LogP contribution in [0.3, 0.4) is 0 Å². The number of benzene rings is 2. The summed E-state index contributed by atoms with van der Waals surface area (Å²) in [4.78, 5) is 38.4. The van der Waals surface area contributed by atoms with E-state index in [2.05, 4.69) is 0 Å². The molecule has 9 heteroatoms. The van der Waals surface area contributed by atoms with Gasteiger partial charge in [-0.15, -0.1) is 0 Å². The molecule has 6 N–H and O–H groups in total. The molecule has 0 fully saturated rings. The summed E-state index contributed by atoms with van der Waals surface area (Å²) in [6, 6.07) is 10.9. The summed E-state index contributed by atoms with van der Waals surface area (Å²) in [5.41, 5.74) is 4.35. The predicted octanol–water partition coefficient (Wildman–Crippen LogP) is 2.37. The fourth-order valence-corrected chi connectivity index (χ4v) is 5.99. The van der Waals surface area contributed by atoms with Gasteiger partial charge in [0.1, 0.15) is 28.6 Å². The minimum Gasteiger partial charge on any atom is -0.511 e. The molecule has 3 atom stereocenters. The first kappa shape index (κ1) is 24.6. The van der Waals surface area contributed by atoms with Gasteiger partial charge in [-0.2, -0.15) is 0 Å². The van der Waals surface area contributed by atoms with Gasteiger partial charge in [-0.3, -0.25) is 14.4 Å². The standard InChI is InChI=1S/C28H27NO8/c1-37-17-7-3-13(4-8-17)2-5-14-6-9-19(30)22-18(14)11-15-10-16-12-20(31)23(27(29)35)26(34)28(16,36)25(33)21(15)24(22)32/h3-4,6-9,15-16,30-31,33,36H,2,5,10-12H2,1H3,(H2,29,35)/t15-,16+,28+/m1/s1. The predicted molar refractivity (Wildman–Crippen MR) is 131 cm³/mol. The highest BCUT2D eigenvalue weighted by Crippen LogP contribution is 2.51. The van der Waals surface area contributed by atoms with Crippen molar-refractivity contribution in [3.63, 3.8) is 0 Å². The SMILES string of the molecule is COc1ccc(CCc2ccc(O)c3c2C[C@H]2C[C@H]4CC(O)=C(C(N)=O)C(=O)[C@@]4(O)C(O)=C2C3=O)cc1. The first-order valence-corrected chi connectivity index (χ1v) is 12.0. The number of ether oxygens (including phenoxy) is 1. The average molecular weight is 506 g/mol. The maximum absolute atomic E-state index is 13.6. The van der Waals surface area contributed by atoms with Gasteiger partial charge in [0.15, 0.2) is 11.4 Å². The summed E-state index contributed by atoms with van der Waals surface area (Å²) in [6.45, 7) is 0. The molecule has 3 aliphatic carbocycles. The molecule has 192 valence electrons. The number of rotatable bonds is 5. The molecule has 0 aliphatic heterocycles. The van der Waals surface area contributed by atoms with Gasteiger partial charge in [0.25, 0.3) is 5.91 Å². The second-order valence-electron chi connectivity index (χ2n) is 9.86. The molecule has 0 spiro atoms. The molecule has 1 amide bonds. The lowest BCUT2D eigenvalue weighted by molar-refractivity contribution is -0.144. The first-order valence-electron chi connectivity index (χ1n) is 12.0. The van der Waals surface area contributed by atoms with Crippen LogP contribution >= 0.6 is 0 Å². The van der Waals surface area contributed by atoms with Gasteiger partial charge in [-0.1, -0.05) is 18.2 Å². The second-order valence-corrected chi connectivity index (χ2v) is 9.86. The zero-order valence-corrected chi connectivity index (χ0v) is 20.2. The smallest absolute Gasteiger partial charge is 0.255 e. The number of amides is 1. The van der Waals surface area contributed by atoms with Gasteiger partial charge in [0, 0.05) is 17.9 Å². The number of phenolic OH excluding ortho intramolecular Hbond substituents is 1. The van der Waals surface area contributed by atoms with Gasteiger partial charge in [0.2, 0.25) is 5.78 Å². The van der Waals surface area contributed by atoms with E-state index in [1.165, 1.54) is 6.07 Å². The fourth-order valence-electron chi connectivity index (χ4n) is 5.99. The van der Waals surface area contributed by atoms with Crippen LogP contribution in [0.2, 0.25) is 0 Å². The molecule has 5 rings (SSSR count). The maximum Gasteiger partial charge on any atom is 0.255 e. The molecule has 0 aromatic heterocycles. The summed E-state index contributed by atoms with van der Waals surface area (Å²) in [5.74, 6) is -5.53. The first-order chi connectivity index (χ1) is 17.6. The van der Waals surface area contributed by atoms with Crippen LogP contribution in [0.5, 0.6) is 11.5 Å². The fraction of sp³-hybridized carbons (Fsp3) is 0.321. The number of ketones is 2. The topological polar surface area (TPSA) is 167 Å². The number of primary amides is 1. The van der Waals surface area contributed by atoms with E-state index >= 15 is 0 Å². The Morgan fingerprint density at radius 2 is 1.76 bits per heavy atom. The van der Waals surface area contributed by atoms with Crippen LogP contribution in [0, 0.1) is 11.8 Å². The Kier molecular flexibility index (Phi) is 5.83. The van der Waals surface area contributed by atoms with E-state index in [1.807, 2.05) is 24.3 Å². The summed E-state index contributed by atoms with van der Waals surface area (Å²) in [6.07, 6.45) is 1.42.